The van der Waals surface area contributed by atoms with Crippen molar-refractivity contribution >= 4 is 15.9 Å². The Morgan fingerprint density at radius 2 is 2.25 bits per heavy atom. The maximum Gasteiger partial charge on any atom is 0.123 e. The van der Waals surface area contributed by atoms with E-state index in [1.807, 2.05) is 14.0 Å². The minimum atomic E-state index is -0.637. The van der Waals surface area contributed by atoms with Gasteiger partial charge in [-0.25, -0.2) is 0 Å². The summed E-state index contributed by atoms with van der Waals surface area (Å²) in [5, 5.41) is 14.4. The Morgan fingerprint density at radius 3 is 2.69 bits per heavy atom. The average molecular weight is 291 g/mol. The molecule has 0 spiro atoms. The van der Waals surface area contributed by atoms with Crippen molar-refractivity contribution in [3.63, 3.8) is 0 Å². The molecule has 0 bridgehead atoms. The number of nitrogens with zero attached hydrogens (tertiary/aromatic N) is 2. The van der Waals surface area contributed by atoms with Crippen molar-refractivity contribution in [1.29, 1.82) is 0 Å². The quantitative estimate of drug-likeness (QED) is 0.875. The van der Waals surface area contributed by atoms with Gasteiger partial charge in [0.2, 0.25) is 0 Å². The molecule has 0 aliphatic carbocycles. The third-order valence-corrected chi connectivity index (χ3v) is 3.13. The summed E-state index contributed by atoms with van der Waals surface area (Å²) in [6.07, 6.45) is 2.71. The van der Waals surface area contributed by atoms with Crippen molar-refractivity contribution in [3.8, 4) is 0 Å². The molecule has 92 valence electrons. The predicted octanol–water partition coefficient (Wildman–Crippen LogP) is 2.42. The van der Waals surface area contributed by atoms with E-state index in [4.69, 9.17) is 4.74 Å². The SMILES string of the molecule is CCCC(OCC)C(O)c1c(Br)cnn1C. The van der Waals surface area contributed by atoms with Crippen LogP contribution in [0.4, 0.5) is 0 Å². The number of aryl methyl sites for hydroxylation is 1. The molecule has 1 aromatic heterocycles. The molecule has 0 saturated carbocycles. The van der Waals surface area contributed by atoms with Gasteiger partial charge in [-0.3, -0.25) is 4.68 Å². The van der Waals surface area contributed by atoms with E-state index in [2.05, 4.69) is 28.0 Å². The Kier molecular flexibility index (Phi) is 5.44. The third-order valence-electron chi connectivity index (χ3n) is 2.52. The van der Waals surface area contributed by atoms with Crippen molar-refractivity contribution in [3.05, 3.63) is 16.4 Å². The molecule has 16 heavy (non-hydrogen) atoms. The highest BCUT2D eigenvalue weighted by molar-refractivity contribution is 9.10. The van der Waals surface area contributed by atoms with Gasteiger partial charge in [-0.05, 0) is 29.3 Å². The van der Waals surface area contributed by atoms with Crippen LogP contribution in [0.1, 0.15) is 38.5 Å². The Morgan fingerprint density at radius 1 is 1.56 bits per heavy atom. The van der Waals surface area contributed by atoms with Crippen LogP contribution < -0.4 is 0 Å². The second-order valence-electron chi connectivity index (χ2n) is 3.73. The van der Waals surface area contributed by atoms with Gasteiger partial charge in [0.1, 0.15) is 6.10 Å². The zero-order valence-electron chi connectivity index (χ0n) is 9.98. The van der Waals surface area contributed by atoms with Gasteiger partial charge < -0.3 is 9.84 Å². The average Bonchev–Trinajstić information content (AvgIpc) is 2.57. The second-order valence-corrected chi connectivity index (χ2v) is 4.58. The summed E-state index contributed by atoms with van der Waals surface area (Å²) >= 11 is 3.39. The Hall–Kier alpha value is -0.390. The van der Waals surface area contributed by atoms with Crippen molar-refractivity contribution in [1.82, 2.24) is 9.78 Å². The van der Waals surface area contributed by atoms with Crippen LogP contribution in [-0.2, 0) is 11.8 Å². The smallest absolute Gasteiger partial charge is 0.123 e. The highest BCUT2D eigenvalue weighted by Gasteiger charge is 2.25. The largest absolute Gasteiger partial charge is 0.384 e. The molecule has 2 unspecified atom stereocenters. The molecule has 1 heterocycles. The highest BCUT2D eigenvalue weighted by atomic mass is 79.9. The normalized spacial score (nSPS) is 15.1. The number of hydrogen-bond acceptors (Lipinski definition) is 3. The van der Waals surface area contributed by atoms with Crippen LogP contribution in [0.3, 0.4) is 0 Å². The first-order valence-electron chi connectivity index (χ1n) is 5.58. The molecule has 0 aliphatic rings. The van der Waals surface area contributed by atoms with E-state index in [0.29, 0.717) is 6.61 Å². The predicted molar refractivity (Wildman–Crippen MR) is 66.2 cm³/mol. The van der Waals surface area contributed by atoms with Gasteiger partial charge in [-0.1, -0.05) is 13.3 Å². The van der Waals surface area contributed by atoms with Gasteiger partial charge in [-0.2, -0.15) is 5.10 Å². The fourth-order valence-electron chi connectivity index (χ4n) is 1.76. The number of rotatable bonds is 6. The molecule has 1 aromatic rings. The number of aromatic nitrogens is 2. The molecule has 1 N–H and O–H groups in total. The molecule has 0 aliphatic heterocycles. The summed E-state index contributed by atoms with van der Waals surface area (Å²) in [6.45, 7) is 4.63. The van der Waals surface area contributed by atoms with E-state index < -0.39 is 6.10 Å². The highest BCUT2D eigenvalue weighted by Crippen LogP contribution is 2.28. The monoisotopic (exact) mass is 290 g/mol. The minimum absolute atomic E-state index is 0.165. The lowest BCUT2D eigenvalue weighted by Crippen LogP contribution is -2.24. The second kappa shape index (κ2) is 6.37. The minimum Gasteiger partial charge on any atom is -0.384 e. The van der Waals surface area contributed by atoms with Gasteiger partial charge >= 0.3 is 0 Å². The number of ether oxygens (including phenoxy) is 1. The number of aliphatic hydroxyl groups excluding tert-OH is 1. The molecule has 5 heteroatoms. The van der Waals surface area contributed by atoms with Crippen LogP contribution in [0.5, 0.6) is 0 Å². The fourth-order valence-corrected chi connectivity index (χ4v) is 2.34. The summed E-state index contributed by atoms with van der Waals surface area (Å²) in [6, 6.07) is 0. The lowest BCUT2D eigenvalue weighted by Gasteiger charge is -2.23. The van der Waals surface area contributed by atoms with Crippen LogP contribution in [0, 0.1) is 0 Å². The van der Waals surface area contributed by atoms with Gasteiger partial charge in [-0.15, -0.1) is 0 Å². The van der Waals surface area contributed by atoms with Crippen LogP contribution in [0.15, 0.2) is 10.7 Å². The summed E-state index contributed by atoms with van der Waals surface area (Å²) in [5.74, 6) is 0. The van der Waals surface area contributed by atoms with Crippen molar-refractivity contribution in [2.45, 2.75) is 38.9 Å². The molecule has 4 nitrogen and oxygen atoms in total. The zero-order valence-corrected chi connectivity index (χ0v) is 11.6. The first kappa shape index (κ1) is 13.7. The summed E-state index contributed by atoms with van der Waals surface area (Å²) in [7, 11) is 1.82. The van der Waals surface area contributed by atoms with Gasteiger partial charge in [0.25, 0.3) is 0 Å². The van der Waals surface area contributed by atoms with E-state index in [1.54, 1.807) is 10.9 Å². The van der Waals surface area contributed by atoms with E-state index in [9.17, 15) is 5.11 Å². The van der Waals surface area contributed by atoms with Crippen molar-refractivity contribution in [2.24, 2.45) is 7.05 Å². The van der Waals surface area contributed by atoms with Crippen LogP contribution in [0.2, 0.25) is 0 Å². The van der Waals surface area contributed by atoms with E-state index >= 15 is 0 Å². The topological polar surface area (TPSA) is 47.3 Å². The van der Waals surface area contributed by atoms with Gasteiger partial charge in [0.15, 0.2) is 0 Å². The maximum absolute atomic E-state index is 10.3. The lowest BCUT2D eigenvalue weighted by molar-refractivity contribution is -0.0419. The molecule has 0 radical (unpaired) electrons. The van der Waals surface area contributed by atoms with Crippen LogP contribution in [-0.4, -0.2) is 27.6 Å². The van der Waals surface area contributed by atoms with Crippen LogP contribution >= 0.6 is 15.9 Å². The van der Waals surface area contributed by atoms with Crippen molar-refractivity contribution < 1.29 is 9.84 Å². The number of aliphatic hydroxyl groups is 1. The maximum atomic E-state index is 10.3. The van der Waals surface area contributed by atoms with E-state index in [0.717, 1.165) is 23.0 Å². The van der Waals surface area contributed by atoms with E-state index in [1.165, 1.54) is 0 Å². The number of halogens is 1. The number of hydrogen-bond donors (Lipinski definition) is 1. The first-order chi connectivity index (χ1) is 7.61. The molecule has 1 rings (SSSR count). The molecule has 2 atom stereocenters. The fraction of sp³-hybridized carbons (Fsp3) is 0.727. The van der Waals surface area contributed by atoms with Gasteiger partial charge in [0.05, 0.1) is 22.5 Å². The molecule has 0 aromatic carbocycles. The van der Waals surface area contributed by atoms with Gasteiger partial charge in [0, 0.05) is 13.7 Å². The molecule has 0 amide bonds. The Bertz CT molecular complexity index is 302. The third kappa shape index (κ3) is 3.06. The Balaban J connectivity index is 2.84. The molecular formula is C11H19BrN2O2. The Labute approximate surface area is 105 Å². The lowest BCUT2D eigenvalue weighted by atomic mass is 10.1. The molecule has 0 saturated heterocycles. The zero-order chi connectivity index (χ0) is 12.1. The summed E-state index contributed by atoms with van der Waals surface area (Å²) in [5.41, 5.74) is 0.770. The first-order valence-corrected chi connectivity index (χ1v) is 6.38. The molecular weight excluding hydrogens is 272 g/mol. The standard InChI is InChI=1S/C11H19BrN2O2/c1-4-6-9(16-5-2)11(15)10-8(12)7-13-14(10)3/h7,9,11,15H,4-6H2,1-3H3. The van der Waals surface area contributed by atoms with Crippen molar-refractivity contribution in [2.75, 3.05) is 6.61 Å². The summed E-state index contributed by atoms with van der Waals surface area (Å²) < 4.78 is 8.07. The summed E-state index contributed by atoms with van der Waals surface area (Å²) in [4.78, 5) is 0. The van der Waals surface area contributed by atoms with E-state index in [-0.39, 0.29) is 6.10 Å². The molecule has 0 fully saturated rings. The van der Waals surface area contributed by atoms with Crippen LogP contribution in [0.25, 0.3) is 0 Å².